The van der Waals surface area contributed by atoms with Crippen LogP contribution in [0.4, 0.5) is 4.79 Å². The standard InChI is InChI=1S/C8H16N2O3/c1-4-10(5-7(9)11)8(12)13-6(2)3/h6H,4-5H2,1-3H3,(H2,9,11). The zero-order valence-corrected chi connectivity index (χ0v) is 8.24. The summed E-state index contributed by atoms with van der Waals surface area (Å²) in [5, 5.41) is 0. The summed E-state index contributed by atoms with van der Waals surface area (Å²) in [6, 6.07) is 0. The van der Waals surface area contributed by atoms with Gasteiger partial charge in [-0.05, 0) is 20.8 Å². The monoisotopic (exact) mass is 188 g/mol. The molecule has 0 saturated carbocycles. The van der Waals surface area contributed by atoms with Crippen molar-refractivity contribution in [3.8, 4) is 0 Å². The molecule has 0 radical (unpaired) electrons. The maximum Gasteiger partial charge on any atom is 0.410 e. The second-order valence-electron chi connectivity index (χ2n) is 2.91. The van der Waals surface area contributed by atoms with Gasteiger partial charge in [-0.25, -0.2) is 4.79 Å². The van der Waals surface area contributed by atoms with Gasteiger partial charge in [-0.2, -0.15) is 0 Å². The smallest absolute Gasteiger partial charge is 0.410 e. The molecule has 0 heterocycles. The second-order valence-corrected chi connectivity index (χ2v) is 2.91. The second kappa shape index (κ2) is 5.40. The summed E-state index contributed by atoms with van der Waals surface area (Å²) in [5.41, 5.74) is 4.95. The highest BCUT2D eigenvalue weighted by Crippen LogP contribution is 1.97. The van der Waals surface area contributed by atoms with Crippen molar-refractivity contribution in [1.82, 2.24) is 4.90 Å². The van der Waals surface area contributed by atoms with Crippen molar-refractivity contribution in [3.63, 3.8) is 0 Å². The number of carbonyl (C=O) groups is 2. The van der Waals surface area contributed by atoms with Crippen molar-refractivity contribution in [2.45, 2.75) is 26.9 Å². The van der Waals surface area contributed by atoms with Gasteiger partial charge in [0.05, 0.1) is 6.10 Å². The molecule has 0 rings (SSSR count). The van der Waals surface area contributed by atoms with Crippen molar-refractivity contribution in [2.75, 3.05) is 13.1 Å². The highest BCUT2D eigenvalue weighted by Gasteiger charge is 2.15. The molecule has 0 aliphatic heterocycles. The van der Waals surface area contributed by atoms with E-state index in [1.165, 1.54) is 4.90 Å². The molecule has 0 unspecified atom stereocenters. The van der Waals surface area contributed by atoms with Crippen LogP contribution in [0.1, 0.15) is 20.8 Å². The number of ether oxygens (including phenoxy) is 1. The third-order valence-corrected chi connectivity index (χ3v) is 1.32. The molecule has 0 aromatic rings. The van der Waals surface area contributed by atoms with E-state index in [4.69, 9.17) is 10.5 Å². The van der Waals surface area contributed by atoms with Gasteiger partial charge in [0.15, 0.2) is 0 Å². The van der Waals surface area contributed by atoms with Crippen LogP contribution in [-0.4, -0.2) is 36.1 Å². The third kappa shape index (κ3) is 5.05. The summed E-state index contributed by atoms with van der Waals surface area (Å²) in [7, 11) is 0. The van der Waals surface area contributed by atoms with Crippen molar-refractivity contribution >= 4 is 12.0 Å². The molecular weight excluding hydrogens is 172 g/mol. The lowest BCUT2D eigenvalue weighted by molar-refractivity contribution is -0.119. The molecule has 13 heavy (non-hydrogen) atoms. The Balaban J connectivity index is 4.07. The predicted molar refractivity (Wildman–Crippen MR) is 48.1 cm³/mol. The SMILES string of the molecule is CCN(CC(N)=O)C(=O)OC(C)C. The van der Waals surface area contributed by atoms with E-state index in [-0.39, 0.29) is 12.6 Å². The van der Waals surface area contributed by atoms with E-state index in [1.54, 1.807) is 20.8 Å². The van der Waals surface area contributed by atoms with Crippen LogP contribution in [0.15, 0.2) is 0 Å². The van der Waals surface area contributed by atoms with Crippen LogP contribution >= 0.6 is 0 Å². The molecule has 2 N–H and O–H groups in total. The molecule has 0 aliphatic rings. The molecule has 0 fully saturated rings. The van der Waals surface area contributed by atoms with Crippen molar-refractivity contribution in [3.05, 3.63) is 0 Å². The lowest BCUT2D eigenvalue weighted by Gasteiger charge is -2.19. The largest absolute Gasteiger partial charge is 0.447 e. The Morgan fingerprint density at radius 1 is 1.46 bits per heavy atom. The Bertz CT molecular complexity index is 192. The highest BCUT2D eigenvalue weighted by molar-refractivity contribution is 5.80. The topological polar surface area (TPSA) is 72.6 Å². The van der Waals surface area contributed by atoms with Crippen LogP contribution in [-0.2, 0) is 9.53 Å². The Morgan fingerprint density at radius 2 is 2.00 bits per heavy atom. The van der Waals surface area contributed by atoms with E-state index in [9.17, 15) is 9.59 Å². The predicted octanol–water partition coefficient (Wildman–Crippen LogP) is 0.339. The zero-order chi connectivity index (χ0) is 10.4. The first-order valence-corrected chi connectivity index (χ1v) is 4.21. The van der Waals surface area contributed by atoms with Crippen molar-refractivity contribution in [2.24, 2.45) is 5.73 Å². The number of nitrogens with two attached hydrogens (primary N) is 1. The average Bonchev–Trinajstić information content (AvgIpc) is 1.98. The molecule has 0 bridgehead atoms. The summed E-state index contributed by atoms with van der Waals surface area (Å²) >= 11 is 0. The molecule has 76 valence electrons. The van der Waals surface area contributed by atoms with Crippen molar-refractivity contribution < 1.29 is 14.3 Å². The molecule has 0 saturated heterocycles. The number of hydrogen-bond donors (Lipinski definition) is 1. The number of rotatable bonds is 4. The Kier molecular flexibility index (Phi) is 4.87. The van der Waals surface area contributed by atoms with E-state index in [2.05, 4.69) is 0 Å². The summed E-state index contributed by atoms with van der Waals surface area (Å²) < 4.78 is 4.88. The minimum absolute atomic E-state index is 0.0952. The van der Waals surface area contributed by atoms with Crippen LogP contribution < -0.4 is 5.73 Å². The maximum absolute atomic E-state index is 11.2. The van der Waals surface area contributed by atoms with E-state index < -0.39 is 12.0 Å². The summed E-state index contributed by atoms with van der Waals surface area (Å²) in [6.45, 7) is 5.56. The Hall–Kier alpha value is -1.26. The lowest BCUT2D eigenvalue weighted by Crippen LogP contribution is -2.39. The van der Waals surface area contributed by atoms with Crippen molar-refractivity contribution in [1.29, 1.82) is 0 Å². The van der Waals surface area contributed by atoms with Gasteiger partial charge in [0.25, 0.3) is 0 Å². The first kappa shape index (κ1) is 11.7. The number of likely N-dealkylation sites (N-methyl/N-ethyl adjacent to an activating group) is 1. The van der Waals surface area contributed by atoms with E-state index in [0.717, 1.165) is 0 Å². The number of primary amides is 1. The summed E-state index contributed by atoms with van der Waals surface area (Å²) in [5.74, 6) is -0.539. The zero-order valence-electron chi connectivity index (χ0n) is 8.24. The number of carbonyl (C=O) groups excluding carboxylic acids is 2. The fraction of sp³-hybridized carbons (Fsp3) is 0.750. The summed E-state index contributed by atoms with van der Waals surface area (Å²) in [4.78, 5) is 23.0. The first-order valence-electron chi connectivity index (χ1n) is 4.21. The number of amides is 2. The van der Waals surface area contributed by atoms with Gasteiger partial charge in [0, 0.05) is 6.54 Å². The molecule has 5 heteroatoms. The normalized spacial score (nSPS) is 9.85. The van der Waals surface area contributed by atoms with Crippen LogP contribution in [0.25, 0.3) is 0 Å². The van der Waals surface area contributed by atoms with E-state index in [0.29, 0.717) is 6.54 Å². The van der Waals surface area contributed by atoms with Gasteiger partial charge in [0.2, 0.25) is 5.91 Å². The molecule has 5 nitrogen and oxygen atoms in total. The molecular formula is C8H16N2O3. The highest BCUT2D eigenvalue weighted by atomic mass is 16.6. The molecule has 2 amide bonds. The van der Waals surface area contributed by atoms with Gasteiger partial charge in [-0.15, -0.1) is 0 Å². The average molecular weight is 188 g/mol. The molecule has 0 atom stereocenters. The van der Waals surface area contributed by atoms with Gasteiger partial charge in [-0.3, -0.25) is 9.69 Å². The van der Waals surface area contributed by atoms with Gasteiger partial charge < -0.3 is 10.5 Å². The van der Waals surface area contributed by atoms with Gasteiger partial charge >= 0.3 is 6.09 Å². The number of nitrogens with zero attached hydrogens (tertiary/aromatic N) is 1. The van der Waals surface area contributed by atoms with E-state index in [1.807, 2.05) is 0 Å². The third-order valence-electron chi connectivity index (χ3n) is 1.32. The molecule has 0 aromatic heterocycles. The lowest BCUT2D eigenvalue weighted by atomic mass is 10.5. The first-order chi connectivity index (χ1) is 5.97. The van der Waals surface area contributed by atoms with Gasteiger partial charge in [0.1, 0.15) is 6.54 Å². The maximum atomic E-state index is 11.2. The molecule has 0 aliphatic carbocycles. The minimum Gasteiger partial charge on any atom is -0.447 e. The minimum atomic E-state index is -0.539. The van der Waals surface area contributed by atoms with Gasteiger partial charge in [-0.1, -0.05) is 0 Å². The van der Waals surface area contributed by atoms with Crippen LogP contribution in [0.3, 0.4) is 0 Å². The quantitative estimate of drug-likeness (QED) is 0.691. The van der Waals surface area contributed by atoms with Crippen LogP contribution in [0.5, 0.6) is 0 Å². The van der Waals surface area contributed by atoms with Crippen LogP contribution in [0, 0.1) is 0 Å². The van der Waals surface area contributed by atoms with E-state index >= 15 is 0 Å². The fourth-order valence-electron chi connectivity index (χ4n) is 0.770. The number of hydrogen-bond acceptors (Lipinski definition) is 3. The molecule has 0 aromatic carbocycles. The molecule has 0 spiro atoms. The summed E-state index contributed by atoms with van der Waals surface area (Å²) in [6.07, 6.45) is -0.689. The fourth-order valence-corrected chi connectivity index (χ4v) is 0.770. The van der Waals surface area contributed by atoms with Crippen LogP contribution in [0.2, 0.25) is 0 Å². The Morgan fingerprint density at radius 3 is 2.31 bits per heavy atom. The Labute approximate surface area is 77.8 Å².